The Balaban J connectivity index is 1.78. The lowest BCUT2D eigenvalue weighted by Crippen LogP contribution is -2.22. The summed E-state index contributed by atoms with van der Waals surface area (Å²) in [6.45, 7) is 4.07. The first-order valence-electron chi connectivity index (χ1n) is 6.21. The normalized spacial score (nSPS) is 20.6. The van der Waals surface area contributed by atoms with Crippen molar-refractivity contribution >= 4 is 0 Å². The van der Waals surface area contributed by atoms with Crippen LogP contribution in [0.2, 0.25) is 0 Å². The summed E-state index contributed by atoms with van der Waals surface area (Å²) in [4.78, 5) is 0. The number of ether oxygens (including phenoxy) is 2. The first-order valence-corrected chi connectivity index (χ1v) is 6.21. The molecule has 1 aliphatic rings. The van der Waals surface area contributed by atoms with Gasteiger partial charge < -0.3 is 14.8 Å². The van der Waals surface area contributed by atoms with Crippen molar-refractivity contribution in [3.05, 3.63) is 18.0 Å². The van der Waals surface area contributed by atoms with Gasteiger partial charge in [-0.25, -0.2) is 0 Å². The summed E-state index contributed by atoms with van der Waals surface area (Å²) in [6.07, 6.45) is 4.34. The van der Waals surface area contributed by atoms with Crippen molar-refractivity contribution in [3.8, 4) is 0 Å². The van der Waals surface area contributed by atoms with E-state index < -0.39 is 0 Å². The van der Waals surface area contributed by atoms with Crippen LogP contribution in [0.25, 0.3) is 0 Å². The summed E-state index contributed by atoms with van der Waals surface area (Å²) in [5.74, 6) is 0. The van der Waals surface area contributed by atoms with Crippen LogP contribution in [0, 0.1) is 0 Å². The molecule has 0 aliphatic carbocycles. The predicted molar refractivity (Wildman–Crippen MR) is 64.9 cm³/mol. The van der Waals surface area contributed by atoms with Crippen LogP contribution in [0.5, 0.6) is 0 Å². The lowest BCUT2D eigenvalue weighted by Gasteiger charge is -2.22. The number of nitrogens with one attached hydrogen (secondary N) is 1. The summed E-state index contributed by atoms with van der Waals surface area (Å²) in [5, 5.41) is 7.85. The number of nitrogens with zero attached hydrogens (tertiary/aromatic N) is 2. The number of hydrogen-bond donors (Lipinski definition) is 1. The zero-order valence-corrected chi connectivity index (χ0v) is 10.4. The molecular formula is C12H21N3O2. The van der Waals surface area contributed by atoms with E-state index in [1.807, 2.05) is 10.9 Å². The largest absolute Gasteiger partial charge is 0.383 e. The molecule has 0 radical (unpaired) electrons. The highest BCUT2D eigenvalue weighted by molar-refractivity contribution is 4.99. The maximum atomic E-state index is 5.47. The molecule has 1 aliphatic heterocycles. The van der Waals surface area contributed by atoms with Gasteiger partial charge in [-0.3, -0.25) is 4.68 Å². The van der Waals surface area contributed by atoms with Crippen molar-refractivity contribution in [2.45, 2.75) is 25.4 Å². The molecule has 5 heteroatoms. The van der Waals surface area contributed by atoms with Gasteiger partial charge in [-0.1, -0.05) is 0 Å². The maximum absolute atomic E-state index is 5.47. The van der Waals surface area contributed by atoms with Crippen LogP contribution in [-0.4, -0.2) is 43.3 Å². The Morgan fingerprint density at radius 2 is 2.59 bits per heavy atom. The molecule has 0 aromatic carbocycles. The van der Waals surface area contributed by atoms with Crippen molar-refractivity contribution in [1.29, 1.82) is 0 Å². The Morgan fingerprint density at radius 3 is 3.35 bits per heavy atom. The van der Waals surface area contributed by atoms with Gasteiger partial charge in [-0.15, -0.1) is 0 Å². The smallest absolute Gasteiger partial charge is 0.0762 e. The molecule has 1 atom stereocenters. The summed E-state index contributed by atoms with van der Waals surface area (Å²) in [5.41, 5.74) is 1.08. The third-order valence-corrected chi connectivity index (χ3v) is 2.96. The summed E-state index contributed by atoms with van der Waals surface area (Å²) in [7, 11) is 1.71. The summed E-state index contributed by atoms with van der Waals surface area (Å²) in [6, 6.07) is 2.48. The molecule has 0 amide bonds. The summed E-state index contributed by atoms with van der Waals surface area (Å²) < 4.78 is 12.5. The lowest BCUT2D eigenvalue weighted by atomic mass is 10.1. The number of aromatic nitrogens is 2. The molecule has 5 nitrogen and oxygen atoms in total. The number of methoxy groups -OCH3 is 1. The van der Waals surface area contributed by atoms with Crippen LogP contribution in [0.3, 0.4) is 0 Å². The Labute approximate surface area is 102 Å². The molecule has 1 unspecified atom stereocenters. The van der Waals surface area contributed by atoms with Crippen molar-refractivity contribution in [2.24, 2.45) is 0 Å². The minimum absolute atomic E-state index is 0.413. The van der Waals surface area contributed by atoms with E-state index in [0.717, 1.165) is 51.4 Å². The molecule has 2 heterocycles. The highest BCUT2D eigenvalue weighted by Crippen LogP contribution is 2.18. The van der Waals surface area contributed by atoms with Gasteiger partial charge in [-0.05, 0) is 18.9 Å². The van der Waals surface area contributed by atoms with Crippen LogP contribution >= 0.6 is 0 Å². The second kappa shape index (κ2) is 6.74. The molecule has 17 heavy (non-hydrogen) atoms. The minimum Gasteiger partial charge on any atom is -0.383 e. The number of hydrogen-bond acceptors (Lipinski definition) is 4. The first-order chi connectivity index (χ1) is 8.40. The zero-order chi connectivity index (χ0) is 11.9. The molecule has 1 aromatic rings. The molecule has 0 bridgehead atoms. The SMILES string of the molecule is COCCNCc1ccn(C2CCCOC2)n1. The molecule has 0 saturated carbocycles. The van der Waals surface area contributed by atoms with Gasteiger partial charge in [0.2, 0.25) is 0 Å². The van der Waals surface area contributed by atoms with Gasteiger partial charge in [0, 0.05) is 33.0 Å². The van der Waals surface area contributed by atoms with Crippen molar-refractivity contribution in [1.82, 2.24) is 15.1 Å². The zero-order valence-electron chi connectivity index (χ0n) is 10.4. The van der Waals surface area contributed by atoms with E-state index in [-0.39, 0.29) is 0 Å². The van der Waals surface area contributed by atoms with E-state index in [0.29, 0.717) is 6.04 Å². The van der Waals surface area contributed by atoms with Gasteiger partial charge in [0.25, 0.3) is 0 Å². The fourth-order valence-corrected chi connectivity index (χ4v) is 2.00. The van der Waals surface area contributed by atoms with Crippen LogP contribution in [0.4, 0.5) is 0 Å². The van der Waals surface area contributed by atoms with E-state index >= 15 is 0 Å². The van der Waals surface area contributed by atoms with E-state index in [1.165, 1.54) is 0 Å². The highest BCUT2D eigenvalue weighted by atomic mass is 16.5. The minimum atomic E-state index is 0.413. The second-order valence-corrected chi connectivity index (χ2v) is 4.33. The molecule has 96 valence electrons. The predicted octanol–water partition coefficient (Wildman–Crippen LogP) is 0.971. The Kier molecular flexibility index (Phi) is 4.97. The third-order valence-electron chi connectivity index (χ3n) is 2.96. The van der Waals surface area contributed by atoms with E-state index in [9.17, 15) is 0 Å². The monoisotopic (exact) mass is 239 g/mol. The fraction of sp³-hybridized carbons (Fsp3) is 0.750. The van der Waals surface area contributed by atoms with Crippen molar-refractivity contribution in [2.75, 3.05) is 33.5 Å². The van der Waals surface area contributed by atoms with Gasteiger partial charge in [-0.2, -0.15) is 5.10 Å². The molecule has 1 saturated heterocycles. The average molecular weight is 239 g/mol. The maximum Gasteiger partial charge on any atom is 0.0762 e. The van der Waals surface area contributed by atoms with Crippen LogP contribution < -0.4 is 5.32 Å². The van der Waals surface area contributed by atoms with Gasteiger partial charge in [0.15, 0.2) is 0 Å². The topological polar surface area (TPSA) is 48.3 Å². The Hall–Kier alpha value is -0.910. The van der Waals surface area contributed by atoms with Gasteiger partial charge >= 0.3 is 0 Å². The van der Waals surface area contributed by atoms with E-state index in [4.69, 9.17) is 9.47 Å². The molecule has 2 rings (SSSR count). The standard InChI is InChI=1S/C12H21N3O2/c1-16-8-5-13-9-11-4-6-15(14-11)12-3-2-7-17-10-12/h4,6,12-13H,2-3,5,7-10H2,1H3. The van der Waals surface area contributed by atoms with E-state index in [1.54, 1.807) is 7.11 Å². The van der Waals surface area contributed by atoms with Crippen molar-refractivity contribution < 1.29 is 9.47 Å². The molecule has 1 fully saturated rings. The Bertz CT molecular complexity index is 321. The molecule has 1 aromatic heterocycles. The second-order valence-electron chi connectivity index (χ2n) is 4.33. The molecule has 0 spiro atoms. The third kappa shape index (κ3) is 3.80. The fourth-order valence-electron chi connectivity index (χ4n) is 2.00. The molecule has 1 N–H and O–H groups in total. The van der Waals surface area contributed by atoms with Crippen LogP contribution in [0.15, 0.2) is 12.3 Å². The lowest BCUT2D eigenvalue weighted by molar-refractivity contribution is 0.0548. The highest BCUT2D eigenvalue weighted by Gasteiger charge is 2.16. The summed E-state index contributed by atoms with van der Waals surface area (Å²) >= 11 is 0. The average Bonchev–Trinajstić information content (AvgIpc) is 2.85. The van der Waals surface area contributed by atoms with Crippen LogP contribution in [-0.2, 0) is 16.0 Å². The van der Waals surface area contributed by atoms with Gasteiger partial charge in [0.1, 0.15) is 0 Å². The molecular weight excluding hydrogens is 218 g/mol. The van der Waals surface area contributed by atoms with Gasteiger partial charge in [0.05, 0.1) is 24.9 Å². The Morgan fingerprint density at radius 1 is 1.65 bits per heavy atom. The van der Waals surface area contributed by atoms with Crippen LogP contribution in [0.1, 0.15) is 24.6 Å². The quantitative estimate of drug-likeness (QED) is 0.752. The first kappa shape index (κ1) is 12.5. The number of rotatable bonds is 6. The van der Waals surface area contributed by atoms with Crippen molar-refractivity contribution in [3.63, 3.8) is 0 Å². The van der Waals surface area contributed by atoms with E-state index in [2.05, 4.69) is 16.5 Å².